The normalized spacial score (nSPS) is 24.6. The highest BCUT2D eigenvalue weighted by molar-refractivity contribution is 7.13. The third-order valence-electron chi connectivity index (χ3n) is 2.89. The minimum Gasteiger partial charge on any atom is -0.477 e. The molecule has 2 rings (SSSR count). The van der Waals surface area contributed by atoms with E-state index >= 15 is 0 Å². The Bertz CT molecular complexity index is 411. The van der Waals surface area contributed by atoms with Crippen molar-refractivity contribution < 1.29 is 14.6 Å². The van der Waals surface area contributed by atoms with Crippen LogP contribution >= 0.6 is 11.3 Å². The molecule has 5 nitrogen and oxygen atoms in total. The number of carboxylic acid groups (broad SMARTS) is 1. The Hall–Kier alpha value is -1.14. The van der Waals surface area contributed by atoms with Crippen LogP contribution in [0.1, 0.15) is 40.4 Å². The van der Waals surface area contributed by atoms with E-state index in [1.165, 1.54) is 0 Å². The summed E-state index contributed by atoms with van der Waals surface area (Å²) in [5.41, 5.74) is 5.81. The quantitative estimate of drug-likeness (QED) is 0.861. The standard InChI is InChI=1S/C11H16N2O3S/c1-6-13-10(9(17-6)11(14)15)16-8-4-2-7(12)3-5-8/h7-8H,2-5,12H2,1H3,(H,14,15). The molecule has 1 aromatic heterocycles. The fraction of sp³-hybridized carbons (Fsp3) is 0.636. The predicted octanol–water partition coefficient (Wildman–Crippen LogP) is 1.80. The van der Waals surface area contributed by atoms with Crippen molar-refractivity contribution in [3.63, 3.8) is 0 Å². The third kappa shape index (κ3) is 2.95. The molecule has 0 amide bonds. The zero-order valence-corrected chi connectivity index (χ0v) is 10.5. The molecule has 1 saturated carbocycles. The van der Waals surface area contributed by atoms with E-state index in [2.05, 4.69) is 4.98 Å². The number of aromatic carboxylic acids is 1. The number of carbonyl (C=O) groups is 1. The van der Waals surface area contributed by atoms with Crippen molar-refractivity contribution in [1.29, 1.82) is 0 Å². The molecule has 3 N–H and O–H groups in total. The van der Waals surface area contributed by atoms with Gasteiger partial charge in [-0.25, -0.2) is 9.78 Å². The van der Waals surface area contributed by atoms with Gasteiger partial charge in [-0.05, 0) is 32.6 Å². The Morgan fingerprint density at radius 3 is 2.71 bits per heavy atom. The summed E-state index contributed by atoms with van der Waals surface area (Å²) in [5.74, 6) is -0.710. The van der Waals surface area contributed by atoms with Crippen molar-refractivity contribution in [2.24, 2.45) is 5.73 Å². The number of carboxylic acids is 1. The molecular formula is C11H16N2O3S. The van der Waals surface area contributed by atoms with Gasteiger partial charge in [-0.2, -0.15) is 0 Å². The van der Waals surface area contributed by atoms with Gasteiger partial charge < -0.3 is 15.6 Å². The average molecular weight is 256 g/mol. The average Bonchev–Trinajstić information content (AvgIpc) is 2.63. The molecule has 1 heterocycles. The smallest absolute Gasteiger partial charge is 0.351 e. The van der Waals surface area contributed by atoms with Crippen LogP contribution in [0, 0.1) is 6.92 Å². The summed E-state index contributed by atoms with van der Waals surface area (Å²) in [5, 5.41) is 9.73. The Labute approximate surface area is 104 Å². The van der Waals surface area contributed by atoms with Crippen LogP contribution < -0.4 is 10.5 Å². The first-order valence-electron chi connectivity index (χ1n) is 5.69. The van der Waals surface area contributed by atoms with Gasteiger partial charge in [0.15, 0.2) is 4.88 Å². The molecule has 0 aliphatic heterocycles. The van der Waals surface area contributed by atoms with E-state index in [1.807, 2.05) is 0 Å². The molecule has 1 aliphatic carbocycles. The van der Waals surface area contributed by atoms with Gasteiger partial charge in [0.25, 0.3) is 0 Å². The molecule has 0 bridgehead atoms. The number of hydrogen-bond acceptors (Lipinski definition) is 5. The number of aryl methyl sites for hydroxylation is 1. The van der Waals surface area contributed by atoms with Gasteiger partial charge in [0.05, 0.1) is 5.01 Å². The number of hydrogen-bond donors (Lipinski definition) is 2. The maximum absolute atomic E-state index is 11.0. The largest absolute Gasteiger partial charge is 0.477 e. The van der Waals surface area contributed by atoms with E-state index in [0.717, 1.165) is 37.0 Å². The summed E-state index contributed by atoms with van der Waals surface area (Å²) in [6.07, 6.45) is 3.65. The number of ether oxygens (including phenoxy) is 1. The summed E-state index contributed by atoms with van der Waals surface area (Å²) in [6.45, 7) is 1.78. The fourth-order valence-corrected chi connectivity index (χ4v) is 2.68. The molecule has 0 radical (unpaired) electrons. The lowest BCUT2D eigenvalue weighted by atomic mass is 9.94. The molecule has 1 fully saturated rings. The monoisotopic (exact) mass is 256 g/mol. The van der Waals surface area contributed by atoms with Crippen molar-refractivity contribution in [2.75, 3.05) is 0 Å². The molecule has 1 aromatic rings. The molecule has 0 aromatic carbocycles. The highest BCUT2D eigenvalue weighted by Crippen LogP contribution is 2.28. The Kier molecular flexibility index (Phi) is 3.63. The van der Waals surface area contributed by atoms with Crippen LogP contribution in [0.4, 0.5) is 0 Å². The SMILES string of the molecule is Cc1nc(OC2CCC(N)CC2)c(C(=O)O)s1. The number of nitrogens with two attached hydrogens (primary N) is 1. The minimum atomic E-state index is -0.974. The zero-order valence-electron chi connectivity index (χ0n) is 9.68. The molecule has 17 heavy (non-hydrogen) atoms. The van der Waals surface area contributed by atoms with Crippen LogP contribution in [0.5, 0.6) is 5.88 Å². The summed E-state index contributed by atoms with van der Waals surface area (Å²) < 4.78 is 5.68. The van der Waals surface area contributed by atoms with Gasteiger partial charge in [0.2, 0.25) is 5.88 Å². The van der Waals surface area contributed by atoms with Crippen molar-refractivity contribution in [1.82, 2.24) is 4.98 Å². The molecule has 0 spiro atoms. The van der Waals surface area contributed by atoms with Crippen LogP contribution in [0.3, 0.4) is 0 Å². The lowest BCUT2D eigenvalue weighted by Crippen LogP contribution is -2.32. The first-order valence-corrected chi connectivity index (χ1v) is 6.51. The predicted molar refractivity (Wildman–Crippen MR) is 64.7 cm³/mol. The van der Waals surface area contributed by atoms with Crippen molar-refractivity contribution in [3.8, 4) is 5.88 Å². The Morgan fingerprint density at radius 1 is 1.47 bits per heavy atom. The second kappa shape index (κ2) is 5.01. The second-order valence-electron chi connectivity index (χ2n) is 4.33. The Morgan fingerprint density at radius 2 is 2.12 bits per heavy atom. The first kappa shape index (κ1) is 12.3. The van der Waals surface area contributed by atoms with Crippen LogP contribution in [-0.2, 0) is 0 Å². The number of thiazole rings is 1. The van der Waals surface area contributed by atoms with E-state index < -0.39 is 5.97 Å². The second-order valence-corrected chi connectivity index (χ2v) is 5.53. The van der Waals surface area contributed by atoms with Gasteiger partial charge in [0, 0.05) is 6.04 Å². The van der Waals surface area contributed by atoms with E-state index in [0.29, 0.717) is 5.01 Å². The molecule has 94 valence electrons. The van der Waals surface area contributed by atoms with Gasteiger partial charge in [0.1, 0.15) is 6.10 Å². The maximum Gasteiger partial charge on any atom is 0.351 e. The number of nitrogens with zero attached hydrogens (tertiary/aromatic N) is 1. The molecule has 0 saturated heterocycles. The van der Waals surface area contributed by atoms with Crippen molar-refractivity contribution in [2.45, 2.75) is 44.8 Å². The lowest BCUT2D eigenvalue weighted by Gasteiger charge is -2.26. The number of aromatic nitrogens is 1. The van der Waals surface area contributed by atoms with Crippen molar-refractivity contribution >= 4 is 17.3 Å². The fourth-order valence-electron chi connectivity index (χ4n) is 1.99. The summed E-state index contributed by atoms with van der Waals surface area (Å²) in [6, 6.07) is 0.256. The number of rotatable bonds is 3. The molecule has 0 unspecified atom stereocenters. The van der Waals surface area contributed by atoms with Gasteiger partial charge in [-0.15, -0.1) is 11.3 Å². The van der Waals surface area contributed by atoms with E-state index in [1.54, 1.807) is 6.92 Å². The lowest BCUT2D eigenvalue weighted by molar-refractivity contribution is 0.0690. The van der Waals surface area contributed by atoms with Crippen LogP contribution in [0.2, 0.25) is 0 Å². The molecular weight excluding hydrogens is 240 g/mol. The Balaban J connectivity index is 2.05. The summed E-state index contributed by atoms with van der Waals surface area (Å²) in [7, 11) is 0. The minimum absolute atomic E-state index is 0.0504. The van der Waals surface area contributed by atoms with Gasteiger partial charge >= 0.3 is 5.97 Å². The van der Waals surface area contributed by atoms with Crippen molar-refractivity contribution in [3.05, 3.63) is 9.88 Å². The summed E-state index contributed by atoms with van der Waals surface area (Å²) in [4.78, 5) is 15.3. The van der Waals surface area contributed by atoms with E-state index in [-0.39, 0.29) is 22.9 Å². The topological polar surface area (TPSA) is 85.4 Å². The maximum atomic E-state index is 11.0. The highest BCUT2D eigenvalue weighted by atomic mass is 32.1. The first-order chi connectivity index (χ1) is 8.06. The van der Waals surface area contributed by atoms with E-state index in [9.17, 15) is 4.79 Å². The molecule has 1 aliphatic rings. The highest BCUT2D eigenvalue weighted by Gasteiger charge is 2.24. The van der Waals surface area contributed by atoms with E-state index in [4.69, 9.17) is 15.6 Å². The third-order valence-corrected chi connectivity index (χ3v) is 3.83. The van der Waals surface area contributed by atoms with Crippen LogP contribution in [0.15, 0.2) is 0 Å². The summed E-state index contributed by atoms with van der Waals surface area (Å²) >= 11 is 1.15. The molecule has 0 atom stereocenters. The molecule has 6 heteroatoms. The van der Waals surface area contributed by atoms with Crippen LogP contribution in [0.25, 0.3) is 0 Å². The van der Waals surface area contributed by atoms with Gasteiger partial charge in [-0.3, -0.25) is 0 Å². The van der Waals surface area contributed by atoms with Gasteiger partial charge in [-0.1, -0.05) is 0 Å². The zero-order chi connectivity index (χ0) is 12.4. The van der Waals surface area contributed by atoms with Crippen LogP contribution in [-0.4, -0.2) is 28.2 Å².